The summed E-state index contributed by atoms with van der Waals surface area (Å²) < 4.78 is 0. The largest absolute Gasteiger partial charge is 0.343 e. The van der Waals surface area contributed by atoms with Crippen LogP contribution in [0.3, 0.4) is 0 Å². The number of thioether (sulfide) groups is 1. The fraction of sp³-hybridized carbons (Fsp3) is 0.318. The lowest BCUT2D eigenvalue weighted by Crippen LogP contribution is -2.42. The van der Waals surface area contributed by atoms with Crippen LogP contribution in [0, 0.1) is 5.92 Å². The Balaban J connectivity index is 1.32. The molecule has 2 aromatic rings. The van der Waals surface area contributed by atoms with Crippen LogP contribution in [0.4, 0.5) is 5.69 Å². The van der Waals surface area contributed by atoms with Gasteiger partial charge in [0.25, 0.3) is 0 Å². The van der Waals surface area contributed by atoms with Gasteiger partial charge in [0.1, 0.15) is 0 Å². The third kappa shape index (κ3) is 3.97. The van der Waals surface area contributed by atoms with E-state index in [4.69, 9.17) is 0 Å². The molecule has 28 heavy (non-hydrogen) atoms. The Kier molecular flexibility index (Phi) is 5.48. The van der Waals surface area contributed by atoms with Gasteiger partial charge in [-0.2, -0.15) is 0 Å². The van der Waals surface area contributed by atoms with Crippen LogP contribution in [-0.2, 0) is 9.59 Å². The molecule has 1 unspecified atom stereocenters. The van der Waals surface area contributed by atoms with Gasteiger partial charge in [-0.05, 0) is 25.0 Å². The van der Waals surface area contributed by atoms with E-state index in [-0.39, 0.29) is 29.9 Å². The molecule has 0 bridgehead atoms. The summed E-state index contributed by atoms with van der Waals surface area (Å²) in [5, 5.41) is 2.47. The summed E-state index contributed by atoms with van der Waals surface area (Å²) in [6.45, 7) is 1.13. The quantitative estimate of drug-likeness (QED) is 0.805. The third-order valence-electron chi connectivity index (χ3n) is 5.34. The van der Waals surface area contributed by atoms with Crippen LogP contribution in [0.25, 0.3) is 0 Å². The number of fused-ring (bicyclic) bond motifs is 1. The average molecular weight is 394 g/mol. The molecule has 2 heterocycles. The molecule has 0 spiro atoms. The molecule has 1 fully saturated rings. The molecule has 1 N–H and O–H groups in total. The van der Waals surface area contributed by atoms with Crippen LogP contribution in [0.1, 0.15) is 29.6 Å². The maximum atomic E-state index is 12.7. The Morgan fingerprint density at radius 1 is 1.00 bits per heavy atom. The first-order valence-electron chi connectivity index (χ1n) is 9.55. The number of para-hydroxylation sites is 1. The minimum Gasteiger partial charge on any atom is -0.343 e. The summed E-state index contributed by atoms with van der Waals surface area (Å²) in [6.07, 6.45) is 1.53. The lowest BCUT2D eigenvalue weighted by Gasteiger charge is -2.32. The number of hydrogen-bond donors (Lipinski definition) is 1. The molecule has 2 aromatic carbocycles. The number of benzene rings is 2. The Bertz CT molecular complexity index is 892. The Morgan fingerprint density at radius 3 is 2.43 bits per heavy atom. The lowest BCUT2D eigenvalue weighted by molar-refractivity contribution is -0.133. The number of piperidine rings is 1. The number of rotatable bonds is 4. The molecule has 1 saturated heterocycles. The van der Waals surface area contributed by atoms with E-state index in [0.717, 1.165) is 16.1 Å². The van der Waals surface area contributed by atoms with Crippen molar-refractivity contribution < 1.29 is 14.4 Å². The van der Waals surface area contributed by atoms with Crippen LogP contribution < -0.4 is 5.32 Å². The monoisotopic (exact) mass is 394 g/mol. The molecule has 0 aliphatic carbocycles. The van der Waals surface area contributed by atoms with Gasteiger partial charge in [-0.1, -0.05) is 42.5 Å². The maximum absolute atomic E-state index is 12.7. The van der Waals surface area contributed by atoms with Gasteiger partial charge in [0, 0.05) is 35.9 Å². The van der Waals surface area contributed by atoms with Crippen LogP contribution in [0.5, 0.6) is 0 Å². The lowest BCUT2D eigenvalue weighted by atomic mass is 9.89. The van der Waals surface area contributed by atoms with E-state index in [1.807, 2.05) is 54.6 Å². The number of nitrogens with zero attached hydrogens (tertiary/aromatic N) is 1. The molecule has 0 aromatic heterocycles. The van der Waals surface area contributed by atoms with Crippen molar-refractivity contribution in [3.8, 4) is 0 Å². The summed E-state index contributed by atoms with van der Waals surface area (Å²) in [4.78, 5) is 40.4. The van der Waals surface area contributed by atoms with E-state index in [1.54, 1.807) is 4.90 Å². The van der Waals surface area contributed by atoms with E-state index >= 15 is 0 Å². The molecule has 5 nitrogen and oxygen atoms in total. The molecule has 144 valence electrons. The van der Waals surface area contributed by atoms with E-state index in [2.05, 4.69) is 5.32 Å². The summed E-state index contributed by atoms with van der Waals surface area (Å²) >= 11 is 1.45. The number of likely N-dealkylation sites (tertiary alicyclic amines) is 1. The van der Waals surface area contributed by atoms with E-state index in [0.29, 0.717) is 25.9 Å². The molecule has 2 amide bonds. The van der Waals surface area contributed by atoms with Gasteiger partial charge in [0.15, 0.2) is 5.78 Å². The second-order valence-electron chi connectivity index (χ2n) is 7.18. The highest BCUT2D eigenvalue weighted by Gasteiger charge is 2.33. The first-order chi connectivity index (χ1) is 13.6. The highest BCUT2D eigenvalue weighted by molar-refractivity contribution is 8.01. The number of Topliss-reactive ketones (excluding diaryl/α,β-unsaturated/α-hetero) is 1. The average Bonchev–Trinajstić information content (AvgIpc) is 2.74. The molecular formula is C22H22N2O3S. The zero-order valence-corrected chi connectivity index (χ0v) is 16.3. The van der Waals surface area contributed by atoms with Crippen molar-refractivity contribution in [2.24, 2.45) is 5.92 Å². The van der Waals surface area contributed by atoms with Crippen molar-refractivity contribution in [2.75, 3.05) is 18.4 Å². The highest BCUT2D eigenvalue weighted by Crippen LogP contribution is 2.37. The van der Waals surface area contributed by atoms with Gasteiger partial charge < -0.3 is 10.2 Å². The molecule has 6 heteroatoms. The van der Waals surface area contributed by atoms with Gasteiger partial charge in [0.2, 0.25) is 11.8 Å². The van der Waals surface area contributed by atoms with E-state index in [1.165, 1.54) is 11.8 Å². The number of carbonyl (C=O) groups is 3. The molecule has 1 atom stereocenters. The number of carbonyl (C=O) groups excluding carboxylic acids is 3. The first-order valence-corrected chi connectivity index (χ1v) is 10.4. The zero-order chi connectivity index (χ0) is 19.5. The fourth-order valence-electron chi connectivity index (χ4n) is 3.74. The molecule has 4 rings (SSSR count). The topological polar surface area (TPSA) is 66.5 Å². The number of anilines is 1. The van der Waals surface area contributed by atoms with Crippen molar-refractivity contribution in [1.82, 2.24) is 4.90 Å². The SMILES string of the molecule is O=C(c1ccccc1)C1CCN(C(=O)CC2Sc3ccccc3NC2=O)CC1. The number of ketones is 1. The molecule has 0 radical (unpaired) electrons. The maximum Gasteiger partial charge on any atom is 0.238 e. The normalized spacial score (nSPS) is 19.6. The summed E-state index contributed by atoms with van der Waals surface area (Å²) in [5.74, 6) is -0.0129. The molecular weight excluding hydrogens is 372 g/mol. The predicted octanol–water partition coefficient (Wildman–Crippen LogP) is 3.61. The van der Waals surface area contributed by atoms with Crippen molar-refractivity contribution in [2.45, 2.75) is 29.4 Å². The summed E-state index contributed by atoms with van der Waals surface area (Å²) in [6, 6.07) is 17.0. The zero-order valence-electron chi connectivity index (χ0n) is 15.5. The Morgan fingerprint density at radius 2 is 1.68 bits per heavy atom. The van der Waals surface area contributed by atoms with Gasteiger partial charge in [0.05, 0.1) is 10.9 Å². The predicted molar refractivity (Wildman–Crippen MR) is 109 cm³/mol. The van der Waals surface area contributed by atoms with Crippen molar-refractivity contribution in [1.29, 1.82) is 0 Å². The molecule has 0 saturated carbocycles. The first kappa shape index (κ1) is 18.7. The van der Waals surface area contributed by atoms with Crippen molar-refractivity contribution in [3.05, 3.63) is 60.2 Å². The Hall–Kier alpha value is -2.60. The van der Waals surface area contributed by atoms with Gasteiger partial charge in [-0.15, -0.1) is 11.8 Å². The standard InChI is InChI=1S/C22H22N2O3S/c25-20(14-19-22(27)23-17-8-4-5-9-18(17)28-19)24-12-10-16(11-13-24)21(26)15-6-2-1-3-7-15/h1-9,16,19H,10-14H2,(H,23,27). The number of hydrogen-bond acceptors (Lipinski definition) is 4. The second-order valence-corrected chi connectivity index (χ2v) is 8.43. The van der Waals surface area contributed by atoms with Gasteiger partial charge >= 0.3 is 0 Å². The van der Waals surface area contributed by atoms with E-state index < -0.39 is 5.25 Å². The summed E-state index contributed by atoms with van der Waals surface area (Å²) in [7, 11) is 0. The van der Waals surface area contributed by atoms with Crippen LogP contribution in [0.15, 0.2) is 59.5 Å². The van der Waals surface area contributed by atoms with E-state index in [9.17, 15) is 14.4 Å². The number of amides is 2. The third-order valence-corrected chi connectivity index (χ3v) is 6.62. The minimum atomic E-state index is -0.411. The smallest absolute Gasteiger partial charge is 0.238 e. The van der Waals surface area contributed by atoms with Crippen molar-refractivity contribution in [3.63, 3.8) is 0 Å². The fourth-order valence-corrected chi connectivity index (χ4v) is 4.85. The van der Waals surface area contributed by atoms with Crippen LogP contribution in [0.2, 0.25) is 0 Å². The minimum absolute atomic E-state index is 0.0161. The Labute approximate surface area is 168 Å². The van der Waals surface area contributed by atoms with Crippen LogP contribution in [-0.4, -0.2) is 40.8 Å². The van der Waals surface area contributed by atoms with Gasteiger partial charge in [-0.3, -0.25) is 14.4 Å². The number of nitrogens with one attached hydrogen (secondary N) is 1. The highest BCUT2D eigenvalue weighted by atomic mass is 32.2. The van der Waals surface area contributed by atoms with Crippen LogP contribution >= 0.6 is 11.8 Å². The summed E-state index contributed by atoms with van der Waals surface area (Å²) in [5.41, 5.74) is 1.54. The molecule has 2 aliphatic rings. The van der Waals surface area contributed by atoms with Crippen molar-refractivity contribution >= 4 is 35.0 Å². The van der Waals surface area contributed by atoms with Gasteiger partial charge in [-0.25, -0.2) is 0 Å². The second kappa shape index (κ2) is 8.19. The molecule has 2 aliphatic heterocycles.